The van der Waals surface area contributed by atoms with Gasteiger partial charge in [-0.2, -0.15) is 0 Å². The molecule has 4 nitrogen and oxygen atoms in total. The lowest BCUT2D eigenvalue weighted by atomic mass is 10.0. The molecule has 21 heavy (non-hydrogen) atoms. The van der Waals surface area contributed by atoms with Crippen LogP contribution < -0.4 is 10.5 Å². The zero-order valence-corrected chi connectivity index (χ0v) is 13.7. The molecule has 118 valence electrons. The Kier molecular flexibility index (Phi) is 5.48. The number of anilines is 1. The number of benzene rings is 1. The smallest absolute Gasteiger partial charge is 0.189 e. The molecule has 0 aliphatic carbocycles. The van der Waals surface area contributed by atoms with Crippen molar-refractivity contribution in [2.75, 3.05) is 25.6 Å². The topological polar surface area (TPSA) is 47.7 Å². The number of hydrogen-bond donors (Lipinski definition) is 1. The summed E-state index contributed by atoms with van der Waals surface area (Å²) in [5.74, 6) is 2.25. The predicted octanol–water partition coefficient (Wildman–Crippen LogP) is 3.25. The molecule has 0 atom stereocenters. The fraction of sp³-hybridized carbons (Fsp3) is 0.647. The van der Waals surface area contributed by atoms with Gasteiger partial charge in [0.2, 0.25) is 0 Å². The summed E-state index contributed by atoms with van der Waals surface area (Å²) in [5.41, 5.74) is 9.05. The molecule has 0 radical (unpaired) electrons. The number of hydrogen-bond acceptors (Lipinski definition) is 4. The van der Waals surface area contributed by atoms with Gasteiger partial charge in [0.15, 0.2) is 6.79 Å². The fourth-order valence-electron chi connectivity index (χ4n) is 2.92. The first kappa shape index (κ1) is 16.1. The highest BCUT2D eigenvalue weighted by Gasteiger charge is 2.19. The minimum atomic E-state index is 0.332. The molecule has 0 saturated carbocycles. The Morgan fingerprint density at radius 2 is 1.81 bits per heavy atom. The summed E-state index contributed by atoms with van der Waals surface area (Å²) in [6, 6.07) is 3.99. The lowest BCUT2D eigenvalue weighted by Gasteiger charge is -2.28. The van der Waals surface area contributed by atoms with Crippen LogP contribution in [-0.4, -0.2) is 24.8 Å². The van der Waals surface area contributed by atoms with E-state index in [1.54, 1.807) is 0 Å². The quantitative estimate of drug-likeness (QED) is 0.818. The Bertz CT molecular complexity index is 462. The van der Waals surface area contributed by atoms with Crippen molar-refractivity contribution in [2.45, 2.75) is 40.8 Å². The highest BCUT2D eigenvalue weighted by atomic mass is 16.7. The van der Waals surface area contributed by atoms with E-state index in [2.05, 4.69) is 32.6 Å². The molecule has 0 unspecified atom stereocenters. The van der Waals surface area contributed by atoms with E-state index in [0.717, 1.165) is 36.6 Å². The maximum atomic E-state index is 6.03. The third-order valence-electron chi connectivity index (χ3n) is 3.45. The number of nitrogens with zero attached hydrogens (tertiary/aromatic N) is 1. The molecule has 2 N–H and O–H groups in total. The summed E-state index contributed by atoms with van der Waals surface area (Å²) < 4.78 is 11.1. The Morgan fingerprint density at radius 3 is 2.43 bits per heavy atom. The molecule has 0 fully saturated rings. The molecule has 2 rings (SSSR count). The summed E-state index contributed by atoms with van der Waals surface area (Å²) in [5, 5.41) is 0. The van der Waals surface area contributed by atoms with Crippen LogP contribution in [0.4, 0.5) is 5.69 Å². The van der Waals surface area contributed by atoms with Crippen LogP contribution in [0.3, 0.4) is 0 Å². The van der Waals surface area contributed by atoms with Crippen LogP contribution in [0.15, 0.2) is 12.1 Å². The van der Waals surface area contributed by atoms with E-state index in [9.17, 15) is 0 Å². The van der Waals surface area contributed by atoms with Gasteiger partial charge in [0.1, 0.15) is 5.75 Å². The highest BCUT2D eigenvalue weighted by molar-refractivity contribution is 5.53. The summed E-state index contributed by atoms with van der Waals surface area (Å²) in [7, 11) is 0. The van der Waals surface area contributed by atoms with Gasteiger partial charge in [-0.3, -0.25) is 4.90 Å². The number of rotatable bonds is 6. The van der Waals surface area contributed by atoms with Crippen molar-refractivity contribution in [3.05, 3.63) is 23.3 Å². The van der Waals surface area contributed by atoms with Crippen molar-refractivity contribution in [3.63, 3.8) is 0 Å². The Labute approximate surface area is 128 Å². The molecule has 1 aliphatic heterocycles. The minimum absolute atomic E-state index is 0.332. The Balaban J connectivity index is 2.21. The summed E-state index contributed by atoms with van der Waals surface area (Å²) in [6.07, 6.45) is 0. The zero-order valence-electron chi connectivity index (χ0n) is 13.7. The van der Waals surface area contributed by atoms with Crippen molar-refractivity contribution < 1.29 is 9.47 Å². The van der Waals surface area contributed by atoms with Crippen LogP contribution in [0.5, 0.6) is 5.75 Å². The van der Waals surface area contributed by atoms with Crippen molar-refractivity contribution in [1.29, 1.82) is 0 Å². The van der Waals surface area contributed by atoms with Gasteiger partial charge in [-0.25, -0.2) is 0 Å². The van der Waals surface area contributed by atoms with Crippen molar-refractivity contribution >= 4 is 5.69 Å². The second-order valence-corrected chi connectivity index (χ2v) is 6.76. The molecule has 1 aliphatic rings. The maximum absolute atomic E-state index is 6.03. The van der Waals surface area contributed by atoms with Crippen LogP contribution in [0.1, 0.15) is 38.8 Å². The van der Waals surface area contributed by atoms with Crippen molar-refractivity contribution in [1.82, 2.24) is 4.90 Å². The molecule has 0 spiro atoms. The second-order valence-electron chi connectivity index (χ2n) is 6.76. The molecule has 1 aromatic rings. The summed E-state index contributed by atoms with van der Waals surface area (Å²) in [6.45, 7) is 13.0. The minimum Gasteiger partial charge on any atom is -0.467 e. The molecule has 1 heterocycles. The second kappa shape index (κ2) is 7.14. The van der Waals surface area contributed by atoms with Gasteiger partial charge in [0, 0.05) is 36.4 Å². The largest absolute Gasteiger partial charge is 0.467 e. The molecule has 1 aromatic carbocycles. The van der Waals surface area contributed by atoms with E-state index in [1.165, 1.54) is 5.56 Å². The van der Waals surface area contributed by atoms with Crippen LogP contribution in [0.25, 0.3) is 0 Å². The molecule has 4 heteroatoms. The molecular formula is C17H28N2O2. The Morgan fingerprint density at radius 1 is 1.14 bits per heavy atom. The van der Waals surface area contributed by atoms with Gasteiger partial charge in [-0.15, -0.1) is 0 Å². The Hall–Kier alpha value is -1.26. The lowest BCUT2D eigenvalue weighted by Crippen LogP contribution is -2.31. The molecule has 0 amide bonds. The van der Waals surface area contributed by atoms with Crippen LogP contribution in [0.2, 0.25) is 0 Å². The molecular weight excluding hydrogens is 264 g/mol. The predicted molar refractivity (Wildman–Crippen MR) is 86.1 cm³/mol. The van der Waals surface area contributed by atoms with Crippen molar-refractivity contribution in [2.24, 2.45) is 11.8 Å². The van der Waals surface area contributed by atoms with Gasteiger partial charge in [0.25, 0.3) is 0 Å². The molecule has 0 bridgehead atoms. The van der Waals surface area contributed by atoms with Crippen molar-refractivity contribution in [3.8, 4) is 5.75 Å². The number of nitrogens with two attached hydrogens (primary N) is 1. The van der Waals surface area contributed by atoms with Gasteiger partial charge in [-0.05, 0) is 24.0 Å². The van der Waals surface area contributed by atoms with Crippen LogP contribution >= 0.6 is 0 Å². The van der Waals surface area contributed by atoms with Gasteiger partial charge < -0.3 is 15.2 Å². The molecule has 0 saturated heterocycles. The monoisotopic (exact) mass is 292 g/mol. The standard InChI is InChI=1S/C17H28N2O2/c1-12(2)7-19(8-13(3)4)9-14-5-16(18)6-15-10-20-11-21-17(14)15/h5-6,12-13H,7-11,18H2,1-4H3. The average Bonchev–Trinajstić information content (AvgIpc) is 2.36. The first-order valence-corrected chi connectivity index (χ1v) is 7.80. The van der Waals surface area contributed by atoms with Gasteiger partial charge in [0.05, 0.1) is 6.61 Å². The number of ether oxygens (including phenoxy) is 2. The first-order valence-electron chi connectivity index (χ1n) is 7.80. The van der Waals surface area contributed by atoms with E-state index in [-0.39, 0.29) is 0 Å². The summed E-state index contributed by atoms with van der Waals surface area (Å²) in [4.78, 5) is 2.49. The van der Waals surface area contributed by atoms with Gasteiger partial charge >= 0.3 is 0 Å². The average molecular weight is 292 g/mol. The summed E-state index contributed by atoms with van der Waals surface area (Å²) >= 11 is 0. The van der Waals surface area contributed by atoms with E-state index in [1.807, 2.05) is 12.1 Å². The first-order chi connectivity index (χ1) is 9.95. The lowest BCUT2D eigenvalue weighted by molar-refractivity contribution is -0.0175. The van der Waals surface area contributed by atoms with E-state index < -0.39 is 0 Å². The van der Waals surface area contributed by atoms with E-state index in [0.29, 0.717) is 25.2 Å². The third kappa shape index (κ3) is 4.61. The maximum Gasteiger partial charge on any atom is 0.189 e. The molecule has 0 aromatic heterocycles. The van der Waals surface area contributed by atoms with E-state index in [4.69, 9.17) is 15.2 Å². The fourth-order valence-corrected chi connectivity index (χ4v) is 2.92. The van der Waals surface area contributed by atoms with Crippen LogP contribution in [0, 0.1) is 11.8 Å². The third-order valence-corrected chi connectivity index (χ3v) is 3.45. The number of nitrogen functional groups attached to an aromatic ring is 1. The number of fused-ring (bicyclic) bond motifs is 1. The van der Waals surface area contributed by atoms with E-state index >= 15 is 0 Å². The van der Waals surface area contributed by atoms with Gasteiger partial charge in [-0.1, -0.05) is 27.7 Å². The zero-order chi connectivity index (χ0) is 15.4. The van der Waals surface area contributed by atoms with Crippen LogP contribution in [-0.2, 0) is 17.9 Å². The normalized spacial score (nSPS) is 14.6. The SMILES string of the molecule is CC(C)CN(Cc1cc(N)cc2c1OCOC2)CC(C)C. The highest BCUT2D eigenvalue weighted by Crippen LogP contribution is 2.31.